The third-order valence-corrected chi connectivity index (χ3v) is 6.53. The molecule has 2 saturated heterocycles. The van der Waals surface area contributed by atoms with Gasteiger partial charge in [-0.3, -0.25) is 14.3 Å². The molecule has 4 rings (SSSR count). The number of hydrogen-bond acceptors (Lipinski definition) is 3. The van der Waals surface area contributed by atoms with Gasteiger partial charge in [-0.25, -0.2) is 0 Å². The van der Waals surface area contributed by atoms with Crippen LogP contribution in [0.2, 0.25) is 0 Å². The van der Waals surface area contributed by atoms with Crippen LogP contribution >= 0.6 is 0 Å². The average molecular weight is 395 g/mol. The second-order valence-electron chi connectivity index (χ2n) is 8.28. The zero-order valence-electron chi connectivity index (χ0n) is 17.5. The molecule has 2 aliphatic rings. The lowest BCUT2D eigenvalue weighted by atomic mass is 9.88. The summed E-state index contributed by atoms with van der Waals surface area (Å²) in [5.74, 6) is 0.228. The van der Waals surface area contributed by atoms with E-state index in [1.165, 1.54) is 5.56 Å². The first kappa shape index (κ1) is 19.7. The maximum absolute atomic E-state index is 13.7. The van der Waals surface area contributed by atoms with Crippen molar-refractivity contribution < 1.29 is 9.59 Å². The highest BCUT2D eigenvalue weighted by Gasteiger charge is 2.46. The van der Waals surface area contributed by atoms with Gasteiger partial charge in [-0.2, -0.15) is 5.10 Å². The van der Waals surface area contributed by atoms with Crippen molar-refractivity contribution in [1.29, 1.82) is 0 Å². The standard InChI is InChI=1S/C23H30N4O2/c1-4-18-15(2)22(26(3)25-18)23(29)27-14-17(16-10-6-5-7-11-16)21-19(27)12-8-9-13-20(28)24-21/h5-7,10-11,17,19,21H,4,8-9,12-14H2,1-3H3,(H,24,28)/t17-,19+,21-/m0/s1. The normalized spacial score (nSPS) is 24.6. The van der Waals surface area contributed by atoms with Gasteiger partial charge in [0.05, 0.1) is 17.8 Å². The van der Waals surface area contributed by atoms with Gasteiger partial charge in [0, 0.05) is 31.5 Å². The molecule has 2 aromatic rings. The van der Waals surface area contributed by atoms with Crippen LogP contribution in [0.3, 0.4) is 0 Å². The zero-order valence-corrected chi connectivity index (χ0v) is 17.5. The van der Waals surface area contributed by atoms with Crippen molar-refractivity contribution in [2.24, 2.45) is 7.05 Å². The molecule has 0 bridgehead atoms. The van der Waals surface area contributed by atoms with E-state index in [0.29, 0.717) is 18.7 Å². The summed E-state index contributed by atoms with van der Waals surface area (Å²) in [5, 5.41) is 7.80. The van der Waals surface area contributed by atoms with Gasteiger partial charge in [-0.05, 0) is 31.7 Å². The average Bonchev–Trinajstić information content (AvgIpc) is 3.20. The Morgan fingerprint density at radius 3 is 2.69 bits per heavy atom. The molecule has 2 amide bonds. The summed E-state index contributed by atoms with van der Waals surface area (Å²) in [6.45, 7) is 4.66. The number of rotatable bonds is 3. The summed E-state index contributed by atoms with van der Waals surface area (Å²) >= 11 is 0. The van der Waals surface area contributed by atoms with E-state index < -0.39 is 0 Å². The van der Waals surface area contributed by atoms with E-state index in [9.17, 15) is 9.59 Å². The highest BCUT2D eigenvalue weighted by molar-refractivity contribution is 5.95. The smallest absolute Gasteiger partial charge is 0.272 e. The van der Waals surface area contributed by atoms with Gasteiger partial charge in [0.1, 0.15) is 5.69 Å². The first-order valence-corrected chi connectivity index (χ1v) is 10.7. The van der Waals surface area contributed by atoms with Crippen LogP contribution in [0, 0.1) is 6.92 Å². The Morgan fingerprint density at radius 2 is 2.00 bits per heavy atom. The highest BCUT2D eigenvalue weighted by Crippen LogP contribution is 2.37. The second-order valence-corrected chi connectivity index (χ2v) is 8.28. The molecular weight excluding hydrogens is 364 g/mol. The Bertz CT molecular complexity index is 905. The maximum atomic E-state index is 13.7. The minimum absolute atomic E-state index is 0.0105. The van der Waals surface area contributed by atoms with Crippen molar-refractivity contribution in [2.75, 3.05) is 6.54 Å². The third kappa shape index (κ3) is 3.56. The van der Waals surface area contributed by atoms with Crippen molar-refractivity contribution in [1.82, 2.24) is 20.0 Å². The van der Waals surface area contributed by atoms with Crippen LogP contribution < -0.4 is 5.32 Å². The first-order valence-electron chi connectivity index (χ1n) is 10.7. The summed E-state index contributed by atoms with van der Waals surface area (Å²) in [6.07, 6.45) is 4.13. The van der Waals surface area contributed by atoms with E-state index in [1.807, 2.05) is 37.1 Å². The molecule has 0 spiro atoms. The Kier molecular flexibility index (Phi) is 5.43. The van der Waals surface area contributed by atoms with Gasteiger partial charge >= 0.3 is 0 Å². The third-order valence-electron chi connectivity index (χ3n) is 6.53. The monoisotopic (exact) mass is 394 g/mol. The van der Waals surface area contributed by atoms with Crippen LogP contribution in [-0.4, -0.2) is 45.1 Å². The Balaban J connectivity index is 1.72. The molecule has 0 aliphatic carbocycles. The van der Waals surface area contributed by atoms with Gasteiger partial charge in [0.15, 0.2) is 0 Å². The van der Waals surface area contributed by atoms with E-state index in [2.05, 4.69) is 29.5 Å². The Hall–Kier alpha value is -2.63. The fourth-order valence-corrected chi connectivity index (χ4v) is 5.05. The molecule has 154 valence electrons. The van der Waals surface area contributed by atoms with Crippen molar-refractivity contribution in [3.8, 4) is 0 Å². The summed E-state index contributed by atoms with van der Waals surface area (Å²) in [7, 11) is 1.85. The molecule has 1 N–H and O–H groups in total. The summed E-state index contributed by atoms with van der Waals surface area (Å²) in [4.78, 5) is 28.1. The van der Waals surface area contributed by atoms with Gasteiger partial charge in [-0.1, -0.05) is 43.7 Å². The van der Waals surface area contributed by atoms with E-state index >= 15 is 0 Å². The van der Waals surface area contributed by atoms with Crippen LogP contribution in [0.15, 0.2) is 30.3 Å². The number of carbonyl (C=O) groups is 2. The van der Waals surface area contributed by atoms with Crippen molar-refractivity contribution in [3.05, 3.63) is 52.8 Å². The van der Waals surface area contributed by atoms with Crippen molar-refractivity contribution in [2.45, 2.75) is 64.0 Å². The molecule has 6 nitrogen and oxygen atoms in total. The van der Waals surface area contributed by atoms with Gasteiger partial charge in [-0.15, -0.1) is 0 Å². The van der Waals surface area contributed by atoms with Crippen molar-refractivity contribution in [3.63, 3.8) is 0 Å². The molecule has 0 unspecified atom stereocenters. The summed E-state index contributed by atoms with van der Waals surface area (Å²) in [5.41, 5.74) is 3.78. The fourth-order valence-electron chi connectivity index (χ4n) is 5.05. The number of carbonyl (C=O) groups excluding carboxylic acids is 2. The molecule has 6 heteroatoms. The molecule has 0 saturated carbocycles. The largest absolute Gasteiger partial charge is 0.351 e. The molecule has 3 atom stereocenters. The lowest BCUT2D eigenvalue weighted by Crippen LogP contribution is -2.49. The number of nitrogens with one attached hydrogen (secondary N) is 1. The van der Waals surface area contributed by atoms with Gasteiger partial charge in [0.25, 0.3) is 5.91 Å². The second kappa shape index (κ2) is 8.01. The molecule has 3 heterocycles. The predicted octanol–water partition coefficient (Wildman–Crippen LogP) is 2.96. The number of benzene rings is 1. The molecule has 2 fully saturated rings. The SMILES string of the molecule is CCc1nn(C)c(C(=O)N2C[C@@H](c3ccccc3)[C@@H]3NC(=O)CCCC[C@H]32)c1C. The number of fused-ring (bicyclic) bond motifs is 1. The minimum atomic E-state index is -0.0478. The molecule has 0 radical (unpaired) electrons. The van der Waals surface area contributed by atoms with Crippen LogP contribution in [-0.2, 0) is 18.3 Å². The zero-order chi connectivity index (χ0) is 20.5. The lowest BCUT2D eigenvalue weighted by Gasteiger charge is -2.31. The van der Waals surface area contributed by atoms with Gasteiger partial charge < -0.3 is 10.2 Å². The number of aryl methyl sites for hydroxylation is 2. The minimum Gasteiger partial charge on any atom is -0.351 e. The fraction of sp³-hybridized carbons (Fsp3) is 0.522. The Morgan fingerprint density at radius 1 is 1.24 bits per heavy atom. The van der Waals surface area contributed by atoms with Crippen LogP contribution in [0.4, 0.5) is 0 Å². The molecule has 1 aromatic heterocycles. The van der Waals surface area contributed by atoms with Crippen LogP contribution in [0.5, 0.6) is 0 Å². The Labute approximate surface area is 172 Å². The maximum Gasteiger partial charge on any atom is 0.272 e. The quantitative estimate of drug-likeness (QED) is 0.870. The molecular formula is C23H30N4O2. The first-order chi connectivity index (χ1) is 14.0. The number of amides is 2. The van der Waals surface area contributed by atoms with E-state index in [-0.39, 0.29) is 29.8 Å². The molecule has 2 aliphatic heterocycles. The molecule has 1 aromatic carbocycles. The van der Waals surface area contributed by atoms with E-state index in [4.69, 9.17) is 0 Å². The number of nitrogens with zero attached hydrogens (tertiary/aromatic N) is 3. The topological polar surface area (TPSA) is 67.2 Å². The highest BCUT2D eigenvalue weighted by atomic mass is 16.2. The summed E-state index contributed by atoms with van der Waals surface area (Å²) in [6, 6.07) is 10.2. The van der Waals surface area contributed by atoms with Crippen molar-refractivity contribution >= 4 is 11.8 Å². The molecule has 29 heavy (non-hydrogen) atoms. The van der Waals surface area contributed by atoms with E-state index in [0.717, 1.165) is 36.9 Å². The lowest BCUT2D eigenvalue weighted by molar-refractivity contribution is -0.122. The van der Waals surface area contributed by atoms with Crippen LogP contribution in [0.25, 0.3) is 0 Å². The predicted molar refractivity (Wildman–Crippen MR) is 112 cm³/mol. The van der Waals surface area contributed by atoms with E-state index in [1.54, 1.807) is 4.68 Å². The number of hydrogen-bond donors (Lipinski definition) is 1. The number of likely N-dealkylation sites (tertiary alicyclic amines) is 1. The van der Waals surface area contributed by atoms with Gasteiger partial charge in [0.2, 0.25) is 5.91 Å². The van der Waals surface area contributed by atoms with Crippen LogP contribution in [0.1, 0.15) is 65.8 Å². The number of aromatic nitrogens is 2. The summed E-state index contributed by atoms with van der Waals surface area (Å²) < 4.78 is 1.73.